The Morgan fingerprint density at radius 2 is 1.97 bits per heavy atom. The number of carbonyl (C=O) groups excluding carboxylic acids is 2. The lowest BCUT2D eigenvalue weighted by molar-refractivity contribution is -0.127. The van der Waals surface area contributed by atoms with E-state index >= 15 is 0 Å². The largest absolute Gasteiger partial charge is 0.497 e. The Morgan fingerprint density at radius 1 is 1.20 bits per heavy atom. The van der Waals surface area contributed by atoms with Crippen molar-refractivity contribution in [3.8, 4) is 11.6 Å². The Balaban J connectivity index is 1.44. The molecule has 3 N–H and O–H groups in total. The fourth-order valence-electron chi connectivity index (χ4n) is 5.29. The molecule has 3 aliphatic rings. The van der Waals surface area contributed by atoms with Crippen LogP contribution in [0.3, 0.4) is 0 Å². The van der Waals surface area contributed by atoms with Crippen LogP contribution in [0.5, 0.6) is 11.6 Å². The fourth-order valence-corrected chi connectivity index (χ4v) is 5.29. The standard InChI is InChI=1S/C22H28N4O4/c1-30-17-5-6-18-14(11-17)12-26(19(18)27)13-22(20(28)23-21(29)24-22)15-7-9-25(10-8-15)16-3-2-4-16/h5-6,11-12,15-16,27H,2-4,7-10,13H2,1H3,(H2,23,24,28,29). The Bertz CT molecular complexity index is 990. The van der Waals surface area contributed by atoms with E-state index in [0.717, 1.165) is 31.3 Å². The molecule has 1 unspecified atom stereocenters. The van der Waals surface area contributed by atoms with Crippen LogP contribution in [-0.4, -0.2) is 58.3 Å². The average molecular weight is 412 g/mol. The Labute approximate surface area is 175 Å². The molecule has 1 aliphatic carbocycles. The molecule has 1 aromatic heterocycles. The van der Waals surface area contributed by atoms with Gasteiger partial charge >= 0.3 is 6.03 Å². The first kappa shape index (κ1) is 19.2. The number of benzene rings is 1. The zero-order valence-corrected chi connectivity index (χ0v) is 17.2. The lowest BCUT2D eigenvalue weighted by Gasteiger charge is -2.45. The molecule has 0 spiro atoms. The molecule has 30 heavy (non-hydrogen) atoms. The minimum Gasteiger partial charge on any atom is -0.497 e. The van der Waals surface area contributed by atoms with E-state index in [9.17, 15) is 14.7 Å². The summed E-state index contributed by atoms with van der Waals surface area (Å²) in [5, 5.41) is 17.7. The molecule has 3 amide bonds. The van der Waals surface area contributed by atoms with Gasteiger partial charge in [-0.3, -0.25) is 10.1 Å². The number of aromatic nitrogens is 1. The number of fused-ring (bicyclic) bond motifs is 1. The number of aromatic hydroxyl groups is 1. The number of nitrogens with zero attached hydrogens (tertiary/aromatic N) is 2. The third kappa shape index (κ3) is 3.01. The van der Waals surface area contributed by atoms with Gasteiger partial charge in [0.2, 0.25) is 0 Å². The lowest BCUT2D eigenvalue weighted by Crippen LogP contribution is -2.59. The molecule has 2 saturated heterocycles. The second-order valence-corrected chi connectivity index (χ2v) is 8.81. The summed E-state index contributed by atoms with van der Waals surface area (Å²) >= 11 is 0. The van der Waals surface area contributed by atoms with Crippen molar-refractivity contribution in [1.82, 2.24) is 20.1 Å². The van der Waals surface area contributed by atoms with E-state index in [-0.39, 0.29) is 24.2 Å². The number of likely N-dealkylation sites (tertiary alicyclic amines) is 1. The summed E-state index contributed by atoms with van der Waals surface area (Å²) in [6.07, 6.45) is 7.34. The van der Waals surface area contributed by atoms with Crippen LogP contribution in [0.4, 0.5) is 4.79 Å². The molecular weight excluding hydrogens is 384 g/mol. The molecule has 2 aromatic rings. The van der Waals surface area contributed by atoms with E-state index < -0.39 is 11.6 Å². The summed E-state index contributed by atoms with van der Waals surface area (Å²) in [4.78, 5) is 27.6. The summed E-state index contributed by atoms with van der Waals surface area (Å²) in [6.45, 7) is 2.08. The van der Waals surface area contributed by atoms with Crippen molar-refractivity contribution >= 4 is 22.7 Å². The molecule has 8 heteroatoms. The number of carbonyl (C=O) groups is 2. The molecule has 3 fully saturated rings. The van der Waals surface area contributed by atoms with Crippen molar-refractivity contribution in [2.75, 3.05) is 20.2 Å². The topological polar surface area (TPSA) is 95.8 Å². The first-order valence-corrected chi connectivity index (χ1v) is 10.7. The fraction of sp³-hybridized carbons (Fsp3) is 0.545. The maximum Gasteiger partial charge on any atom is 0.322 e. The molecule has 1 aromatic carbocycles. The van der Waals surface area contributed by atoms with Gasteiger partial charge in [-0.25, -0.2) is 4.79 Å². The number of rotatable bonds is 5. The third-order valence-corrected chi connectivity index (χ3v) is 7.27. The number of amides is 3. The highest BCUT2D eigenvalue weighted by Gasteiger charge is 2.53. The van der Waals surface area contributed by atoms with Crippen LogP contribution in [0.15, 0.2) is 24.4 Å². The molecule has 0 bridgehead atoms. The molecule has 8 nitrogen and oxygen atoms in total. The van der Waals surface area contributed by atoms with Crippen LogP contribution in [0.1, 0.15) is 32.1 Å². The van der Waals surface area contributed by atoms with Crippen LogP contribution in [0, 0.1) is 5.92 Å². The van der Waals surface area contributed by atoms with Gasteiger partial charge in [0.25, 0.3) is 5.91 Å². The van der Waals surface area contributed by atoms with Crippen molar-refractivity contribution in [2.45, 2.75) is 50.2 Å². The van der Waals surface area contributed by atoms with Gasteiger partial charge < -0.3 is 24.6 Å². The van der Waals surface area contributed by atoms with Gasteiger partial charge in [0.15, 0.2) is 5.88 Å². The number of hydrogen-bond acceptors (Lipinski definition) is 5. The first-order chi connectivity index (χ1) is 14.5. The average Bonchev–Trinajstić information content (AvgIpc) is 3.16. The zero-order valence-electron chi connectivity index (χ0n) is 17.2. The Hall–Kier alpha value is -2.74. The van der Waals surface area contributed by atoms with Gasteiger partial charge in [0.05, 0.1) is 13.7 Å². The first-order valence-electron chi connectivity index (χ1n) is 10.7. The SMILES string of the molecule is COc1ccc2c(O)n(CC3(C4CCN(C5CCC5)CC4)NC(=O)NC3=O)cc2c1. The number of urea groups is 1. The van der Waals surface area contributed by atoms with E-state index in [1.54, 1.807) is 23.8 Å². The molecule has 0 radical (unpaired) electrons. The summed E-state index contributed by atoms with van der Waals surface area (Å²) in [5.41, 5.74) is -1.06. The van der Waals surface area contributed by atoms with Gasteiger partial charge in [-0.2, -0.15) is 0 Å². The van der Waals surface area contributed by atoms with E-state index in [1.165, 1.54) is 19.3 Å². The number of methoxy groups -OCH3 is 1. The van der Waals surface area contributed by atoms with Gasteiger partial charge in [0, 0.05) is 23.0 Å². The lowest BCUT2D eigenvalue weighted by atomic mass is 9.76. The van der Waals surface area contributed by atoms with E-state index in [0.29, 0.717) is 17.2 Å². The Morgan fingerprint density at radius 3 is 2.57 bits per heavy atom. The second kappa shape index (κ2) is 7.19. The van der Waals surface area contributed by atoms with Crippen LogP contribution in [-0.2, 0) is 11.3 Å². The third-order valence-electron chi connectivity index (χ3n) is 7.27. The highest BCUT2D eigenvalue weighted by Crippen LogP contribution is 2.38. The van der Waals surface area contributed by atoms with Crippen LogP contribution in [0.25, 0.3) is 10.8 Å². The molecule has 1 saturated carbocycles. The van der Waals surface area contributed by atoms with Crippen LogP contribution < -0.4 is 15.4 Å². The highest BCUT2D eigenvalue weighted by molar-refractivity contribution is 6.07. The number of nitrogens with one attached hydrogen (secondary N) is 2. The molecule has 1 atom stereocenters. The van der Waals surface area contributed by atoms with Crippen molar-refractivity contribution < 1.29 is 19.4 Å². The molecule has 3 heterocycles. The number of piperidine rings is 1. The molecule has 2 aliphatic heterocycles. The minimum atomic E-state index is -1.06. The predicted octanol–water partition coefficient (Wildman–Crippen LogP) is 2.20. The maximum absolute atomic E-state index is 13.0. The normalized spacial score (nSPS) is 25.9. The number of ether oxygens (including phenoxy) is 1. The van der Waals surface area contributed by atoms with Crippen LogP contribution >= 0.6 is 0 Å². The predicted molar refractivity (Wildman–Crippen MR) is 111 cm³/mol. The smallest absolute Gasteiger partial charge is 0.322 e. The maximum atomic E-state index is 13.0. The molecule has 160 valence electrons. The van der Waals surface area contributed by atoms with E-state index in [4.69, 9.17) is 4.74 Å². The van der Waals surface area contributed by atoms with E-state index in [1.807, 2.05) is 12.3 Å². The zero-order chi connectivity index (χ0) is 20.9. The van der Waals surface area contributed by atoms with Gasteiger partial charge in [-0.05, 0) is 62.9 Å². The van der Waals surface area contributed by atoms with Crippen molar-refractivity contribution in [3.05, 3.63) is 24.4 Å². The summed E-state index contributed by atoms with van der Waals surface area (Å²) in [6, 6.07) is 5.67. The van der Waals surface area contributed by atoms with Crippen molar-refractivity contribution in [2.24, 2.45) is 5.92 Å². The summed E-state index contributed by atoms with van der Waals surface area (Å²) in [7, 11) is 1.60. The van der Waals surface area contributed by atoms with Gasteiger partial charge in [-0.1, -0.05) is 6.42 Å². The highest BCUT2D eigenvalue weighted by atomic mass is 16.5. The number of imide groups is 1. The quantitative estimate of drug-likeness (QED) is 0.655. The van der Waals surface area contributed by atoms with E-state index in [2.05, 4.69) is 15.5 Å². The van der Waals surface area contributed by atoms with Crippen molar-refractivity contribution in [1.29, 1.82) is 0 Å². The minimum absolute atomic E-state index is 0.0136. The van der Waals surface area contributed by atoms with Crippen molar-refractivity contribution in [3.63, 3.8) is 0 Å². The van der Waals surface area contributed by atoms with Gasteiger partial charge in [-0.15, -0.1) is 0 Å². The molecular formula is C22H28N4O4. The van der Waals surface area contributed by atoms with Crippen LogP contribution in [0.2, 0.25) is 0 Å². The second-order valence-electron chi connectivity index (χ2n) is 8.81. The monoisotopic (exact) mass is 412 g/mol. The number of hydrogen-bond donors (Lipinski definition) is 3. The summed E-state index contributed by atoms with van der Waals surface area (Å²) < 4.78 is 6.95. The van der Waals surface area contributed by atoms with Gasteiger partial charge in [0.1, 0.15) is 11.3 Å². The Kier molecular flexibility index (Phi) is 4.61. The summed E-state index contributed by atoms with van der Waals surface area (Å²) in [5.74, 6) is 0.501. The molecule has 5 rings (SSSR count).